The molecule has 1 atom stereocenters. The number of amides is 1. The van der Waals surface area contributed by atoms with Crippen LogP contribution in [0.5, 0.6) is 5.75 Å². The number of hydrogen-bond donors (Lipinski definition) is 1. The summed E-state index contributed by atoms with van der Waals surface area (Å²) in [5.74, 6) is -1.36. The third-order valence-electron chi connectivity index (χ3n) is 3.52. The smallest absolute Gasteiger partial charge is 0.407 e. The Balaban J connectivity index is 1.56. The molecule has 2 aromatic carbocycles. The van der Waals surface area contributed by atoms with Gasteiger partial charge in [0.1, 0.15) is 19.0 Å². The molecule has 1 heterocycles. The van der Waals surface area contributed by atoms with Crippen LogP contribution in [0, 0.1) is 11.6 Å². The van der Waals surface area contributed by atoms with E-state index in [1.165, 1.54) is 6.07 Å². The molecule has 1 amide bonds. The van der Waals surface area contributed by atoms with Crippen LogP contribution < -0.4 is 10.1 Å². The van der Waals surface area contributed by atoms with Crippen LogP contribution in [0.15, 0.2) is 42.5 Å². The highest BCUT2D eigenvalue weighted by atomic mass is 19.1. The van der Waals surface area contributed by atoms with E-state index >= 15 is 0 Å². The fourth-order valence-electron chi connectivity index (χ4n) is 2.46. The minimum atomic E-state index is -0.731. The van der Waals surface area contributed by atoms with E-state index in [1.807, 2.05) is 30.3 Å². The van der Waals surface area contributed by atoms with Crippen LogP contribution in [0.25, 0.3) is 0 Å². The van der Waals surface area contributed by atoms with E-state index in [9.17, 15) is 13.6 Å². The van der Waals surface area contributed by atoms with Crippen molar-refractivity contribution in [2.75, 3.05) is 6.61 Å². The third kappa shape index (κ3) is 3.77. The van der Waals surface area contributed by atoms with Crippen LogP contribution in [0.4, 0.5) is 13.6 Å². The zero-order chi connectivity index (χ0) is 16.2. The molecule has 6 heteroatoms. The first-order chi connectivity index (χ1) is 11.1. The van der Waals surface area contributed by atoms with Crippen molar-refractivity contribution < 1.29 is 23.0 Å². The number of carbonyl (C=O) groups is 1. The van der Waals surface area contributed by atoms with Gasteiger partial charge in [0.15, 0.2) is 11.6 Å². The van der Waals surface area contributed by atoms with Gasteiger partial charge in [0.05, 0.1) is 6.04 Å². The Bertz CT molecular complexity index is 706. The molecule has 0 saturated carbocycles. The van der Waals surface area contributed by atoms with Gasteiger partial charge in [-0.25, -0.2) is 13.6 Å². The Hall–Kier alpha value is -2.63. The van der Waals surface area contributed by atoms with E-state index < -0.39 is 23.8 Å². The topological polar surface area (TPSA) is 47.6 Å². The van der Waals surface area contributed by atoms with E-state index in [0.717, 1.165) is 11.6 Å². The summed E-state index contributed by atoms with van der Waals surface area (Å²) in [7, 11) is 0. The van der Waals surface area contributed by atoms with Crippen molar-refractivity contribution in [1.29, 1.82) is 0 Å². The number of rotatable bonds is 3. The van der Waals surface area contributed by atoms with Gasteiger partial charge in [-0.05, 0) is 18.1 Å². The number of ether oxygens (including phenoxy) is 2. The van der Waals surface area contributed by atoms with E-state index in [2.05, 4.69) is 5.32 Å². The Morgan fingerprint density at radius 1 is 1.26 bits per heavy atom. The molecule has 0 bridgehead atoms. The minimum Gasteiger partial charge on any atom is -0.488 e. The van der Waals surface area contributed by atoms with Gasteiger partial charge in [0, 0.05) is 11.6 Å². The maximum atomic E-state index is 13.6. The summed E-state index contributed by atoms with van der Waals surface area (Å²) in [4.78, 5) is 11.8. The number of halogens is 2. The zero-order valence-corrected chi connectivity index (χ0v) is 12.2. The molecule has 0 aliphatic carbocycles. The molecular weight excluding hydrogens is 304 g/mol. The normalized spacial score (nSPS) is 16.2. The summed E-state index contributed by atoms with van der Waals surface area (Å²) < 4.78 is 37.2. The molecule has 3 rings (SSSR count). The molecule has 23 heavy (non-hydrogen) atoms. The highest BCUT2D eigenvalue weighted by molar-refractivity contribution is 5.67. The van der Waals surface area contributed by atoms with Crippen LogP contribution in [0.3, 0.4) is 0 Å². The predicted molar refractivity (Wildman–Crippen MR) is 79.1 cm³/mol. The number of hydrogen-bond acceptors (Lipinski definition) is 3. The van der Waals surface area contributed by atoms with Crippen LogP contribution in [0.2, 0.25) is 0 Å². The predicted octanol–water partition coefficient (Wildman–Crippen LogP) is 3.19. The Morgan fingerprint density at radius 3 is 2.83 bits per heavy atom. The quantitative estimate of drug-likeness (QED) is 0.945. The van der Waals surface area contributed by atoms with Crippen molar-refractivity contribution in [3.05, 3.63) is 65.2 Å². The molecule has 0 aromatic heterocycles. The molecule has 0 unspecified atom stereocenters. The van der Waals surface area contributed by atoms with E-state index in [0.29, 0.717) is 5.56 Å². The van der Waals surface area contributed by atoms with Gasteiger partial charge in [-0.3, -0.25) is 0 Å². The monoisotopic (exact) mass is 319 g/mol. The minimum absolute atomic E-state index is 0.0436. The highest BCUT2D eigenvalue weighted by Gasteiger charge is 2.25. The Kier molecular flexibility index (Phi) is 4.41. The van der Waals surface area contributed by atoms with Gasteiger partial charge in [-0.1, -0.05) is 30.3 Å². The molecule has 0 spiro atoms. The summed E-state index contributed by atoms with van der Waals surface area (Å²) in [5.41, 5.74) is 1.26. The molecule has 0 fully saturated rings. The van der Waals surface area contributed by atoms with Gasteiger partial charge in [0.2, 0.25) is 0 Å². The molecule has 0 saturated heterocycles. The second-order valence-electron chi connectivity index (χ2n) is 5.29. The molecule has 1 aliphatic heterocycles. The summed E-state index contributed by atoms with van der Waals surface area (Å²) in [6, 6.07) is 10.9. The van der Waals surface area contributed by atoms with E-state index in [1.54, 1.807) is 0 Å². The fourth-order valence-corrected chi connectivity index (χ4v) is 2.46. The lowest BCUT2D eigenvalue weighted by molar-refractivity contribution is 0.128. The van der Waals surface area contributed by atoms with Gasteiger partial charge in [-0.2, -0.15) is 0 Å². The van der Waals surface area contributed by atoms with Crippen molar-refractivity contribution in [2.24, 2.45) is 0 Å². The van der Waals surface area contributed by atoms with Crippen molar-refractivity contribution in [3.8, 4) is 5.75 Å². The number of nitrogens with one attached hydrogen (secondary N) is 1. The van der Waals surface area contributed by atoms with Crippen molar-refractivity contribution in [1.82, 2.24) is 5.32 Å². The number of fused-ring (bicyclic) bond motifs is 1. The maximum absolute atomic E-state index is 13.6. The third-order valence-corrected chi connectivity index (χ3v) is 3.52. The maximum Gasteiger partial charge on any atom is 0.407 e. The first-order valence-electron chi connectivity index (χ1n) is 7.20. The lowest BCUT2D eigenvalue weighted by atomic mass is 10.0. The molecule has 1 aliphatic rings. The second-order valence-corrected chi connectivity index (χ2v) is 5.29. The van der Waals surface area contributed by atoms with Crippen molar-refractivity contribution >= 4 is 6.09 Å². The zero-order valence-electron chi connectivity index (χ0n) is 12.2. The van der Waals surface area contributed by atoms with Gasteiger partial charge >= 0.3 is 6.09 Å². The Labute approximate surface area is 132 Å². The van der Waals surface area contributed by atoms with Gasteiger partial charge in [-0.15, -0.1) is 0 Å². The average molecular weight is 319 g/mol. The first-order valence-corrected chi connectivity index (χ1v) is 7.20. The molecule has 4 nitrogen and oxygen atoms in total. The van der Waals surface area contributed by atoms with Crippen LogP contribution >= 0.6 is 0 Å². The van der Waals surface area contributed by atoms with Crippen molar-refractivity contribution in [2.45, 2.75) is 19.1 Å². The first kappa shape index (κ1) is 15.3. The second kappa shape index (κ2) is 6.64. The summed E-state index contributed by atoms with van der Waals surface area (Å²) >= 11 is 0. The van der Waals surface area contributed by atoms with Gasteiger partial charge < -0.3 is 14.8 Å². The molecule has 120 valence electrons. The summed E-state index contributed by atoms with van der Waals surface area (Å²) in [5, 5.41) is 2.64. The molecule has 1 N–H and O–H groups in total. The number of benzene rings is 2. The molecule has 2 aromatic rings. The average Bonchev–Trinajstić information content (AvgIpc) is 2.53. The Morgan fingerprint density at radius 2 is 2.04 bits per heavy atom. The van der Waals surface area contributed by atoms with Crippen LogP contribution in [0.1, 0.15) is 11.1 Å². The SMILES string of the molecule is O=C(N[C@H]1COc2c(F)cc(F)cc2C1)OCc1ccccc1. The molecule has 0 radical (unpaired) electrons. The number of carbonyl (C=O) groups excluding carboxylic acids is 1. The standard InChI is InChI=1S/C17H15F2NO3/c18-13-6-12-7-14(10-22-16(12)15(19)8-13)20-17(21)23-9-11-4-2-1-3-5-11/h1-6,8,14H,7,9-10H2,(H,20,21)/t14-/m1/s1. The van der Waals surface area contributed by atoms with Crippen LogP contribution in [-0.2, 0) is 17.8 Å². The van der Waals surface area contributed by atoms with Crippen LogP contribution in [-0.4, -0.2) is 18.7 Å². The summed E-state index contributed by atoms with van der Waals surface area (Å²) in [6.45, 7) is 0.260. The molecular formula is C17H15F2NO3. The van der Waals surface area contributed by atoms with Crippen molar-refractivity contribution in [3.63, 3.8) is 0 Å². The van der Waals surface area contributed by atoms with E-state index in [4.69, 9.17) is 9.47 Å². The lowest BCUT2D eigenvalue weighted by Crippen LogP contribution is -2.43. The number of alkyl carbamates (subject to hydrolysis) is 1. The van der Waals surface area contributed by atoms with Gasteiger partial charge in [0.25, 0.3) is 0 Å². The highest BCUT2D eigenvalue weighted by Crippen LogP contribution is 2.28. The summed E-state index contributed by atoms with van der Waals surface area (Å²) in [6.07, 6.45) is -0.312. The lowest BCUT2D eigenvalue weighted by Gasteiger charge is -2.26. The largest absolute Gasteiger partial charge is 0.488 e. The van der Waals surface area contributed by atoms with E-state index in [-0.39, 0.29) is 25.4 Å². The fraction of sp³-hybridized carbons (Fsp3) is 0.235.